The first-order valence-electron chi connectivity index (χ1n) is 10.0. The smallest absolute Gasteiger partial charge is 0.341 e. The molecular weight excluding hydrogens is 384 g/mol. The van der Waals surface area contributed by atoms with Crippen molar-refractivity contribution in [1.29, 1.82) is 0 Å². The van der Waals surface area contributed by atoms with Crippen LogP contribution in [0.15, 0.2) is 42.5 Å². The van der Waals surface area contributed by atoms with E-state index in [4.69, 9.17) is 4.74 Å². The van der Waals surface area contributed by atoms with Crippen LogP contribution in [0.5, 0.6) is 0 Å². The molecule has 0 saturated carbocycles. The van der Waals surface area contributed by atoms with Gasteiger partial charge in [-0.25, -0.2) is 9.59 Å². The van der Waals surface area contributed by atoms with Crippen molar-refractivity contribution in [2.45, 2.75) is 39.0 Å². The first-order chi connectivity index (χ1) is 14.2. The molecule has 2 amide bonds. The van der Waals surface area contributed by atoms with E-state index in [0.29, 0.717) is 17.2 Å². The van der Waals surface area contributed by atoms with Gasteiger partial charge in [-0.15, -0.1) is 11.3 Å². The van der Waals surface area contributed by atoms with E-state index in [1.807, 2.05) is 42.5 Å². The lowest BCUT2D eigenvalue weighted by Gasteiger charge is -2.11. The van der Waals surface area contributed by atoms with Crippen LogP contribution in [0.2, 0.25) is 0 Å². The van der Waals surface area contributed by atoms with Crippen LogP contribution < -0.4 is 10.6 Å². The van der Waals surface area contributed by atoms with Crippen LogP contribution in [0.3, 0.4) is 0 Å². The Morgan fingerprint density at radius 3 is 2.66 bits per heavy atom. The Bertz CT molecular complexity index is 1050. The van der Waals surface area contributed by atoms with Gasteiger partial charge in [0.1, 0.15) is 5.00 Å². The summed E-state index contributed by atoms with van der Waals surface area (Å²) in [6.45, 7) is 2.11. The van der Waals surface area contributed by atoms with Gasteiger partial charge < -0.3 is 10.1 Å². The highest BCUT2D eigenvalue weighted by atomic mass is 32.1. The van der Waals surface area contributed by atoms with E-state index in [9.17, 15) is 9.59 Å². The molecule has 0 bridgehead atoms. The zero-order valence-electron chi connectivity index (χ0n) is 16.4. The van der Waals surface area contributed by atoms with Crippen molar-refractivity contribution in [2.24, 2.45) is 0 Å². The first-order valence-corrected chi connectivity index (χ1v) is 10.9. The van der Waals surface area contributed by atoms with E-state index in [-0.39, 0.29) is 12.0 Å². The summed E-state index contributed by atoms with van der Waals surface area (Å²) in [5, 5.41) is 8.44. The predicted octanol–water partition coefficient (Wildman–Crippen LogP) is 5.99. The van der Waals surface area contributed by atoms with Crippen molar-refractivity contribution < 1.29 is 14.3 Å². The monoisotopic (exact) mass is 408 g/mol. The van der Waals surface area contributed by atoms with E-state index < -0.39 is 0 Å². The molecule has 0 radical (unpaired) electrons. The number of anilines is 2. The number of hydrogen-bond donors (Lipinski definition) is 2. The third kappa shape index (κ3) is 4.12. The normalized spacial score (nSPS) is 13.4. The lowest BCUT2D eigenvalue weighted by Crippen LogP contribution is -2.21. The van der Waals surface area contributed by atoms with Crippen LogP contribution in [0.25, 0.3) is 10.8 Å². The Morgan fingerprint density at radius 2 is 1.79 bits per heavy atom. The lowest BCUT2D eigenvalue weighted by molar-refractivity contribution is 0.0527. The van der Waals surface area contributed by atoms with Crippen LogP contribution in [-0.2, 0) is 17.6 Å². The molecule has 1 aromatic heterocycles. The maximum Gasteiger partial charge on any atom is 0.341 e. The van der Waals surface area contributed by atoms with Gasteiger partial charge in [0.25, 0.3) is 0 Å². The number of amides is 2. The van der Waals surface area contributed by atoms with E-state index >= 15 is 0 Å². The van der Waals surface area contributed by atoms with Crippen LogP contribution >= 0.6 is 11.3 Å². The summed E-state index contributed by atoms with van der Waals surface area (Å²) >= 11 is 1.50. The van der Waals surface area contributed by atoms with Gasteiger partial charge in [-0.1, -0.05) is 42.8 Å². The van der Waals surface area contributed by atoms with Crippen molar-refractivity contribution >= 4 is 44.8 Å². The lowest BCUT2D eigenvalue weighted by atomic mass is 10.1. The van der Waals surface area contributed by atoms with E-state index in [1.54, 1.807) is 6.92 Å². The van der Waals surface area contributed by atoms with Gasteiger partial charge >= 0.3 is 12.0 Å². The van der Waals surface area contributed by atoms with Gasteiger partial charge in [-0.2, -0.15) is 0 Å². The molecule has 29 heavy (non-hydrogen) atoms. The van der Waals surface area contributed by atoms with Gasteiger partial charge in [-0.3, -0.25) is 5.32 Å². The Morgan fingerprint density at radius 1 is 1.00 bits per heavy atom. The topological polar surface area (TPSA) is 67.4 Å². The fraction of sp³-hybridized carbons (Fsp3) is 0.304. The molecule has 5 nitrogen and oxygen atoms in total. The van der Waals surface area contributed by atoms with Crippen molar-refractivity contribution in [3.63, 3.8) is 0 Å². The zero-order valence-corrected chi connectivity index (χ0v) is 17.2. The number of esters is 1. The van der Waals surface area contributed by atoms with E-state index in [1.165, 1.54) is 16.2 Å². The fourth-order valence-electron chi connectivity index (χ4n) is 3.84. The quantitative estimate of drug-likeness (QED) is 0.411. The summed E-state index contributed by atoms with van der Waals surface area (Å²) in [6.07, 6.45) is 5.12. The molecule has 1 aliphatic carbocycles. The SMILES string of the molecule is CCOC(=O)c1c(NC(=O)Nc2cccc3ccccc23)sc2c1CCCCC2. The second kappa shape index (κ2) is 8.66. The van der Waals surface area contributed by atoms with Crippen molar-refractivity contribution in [1.82, 2.24) is 0 Å². The summed E-state index contributed by atoms with van der Waals surface area (Å²) in [5.41, 5.74) is 2.31. The molecular formula is C23H24N2O3S. The Kier molecular flexibility index (Phi) is 5.81. The van der Waals surface area contributed by atoms with Crippen LogP contribution in [-0.4, -0.2) is 18.6 Å². The molecule has 2 N–H and O–H groups in total. The van der Waals surface area contributed by atoms with Gasteiger partial charge in [-0.05, 0) is 49.6 Å². The van der Waals surface area contributed by atoms with Gasteiger partial charge in [0, 0.05) is 10.3 Å². The number of aryl methyl sites for hydroxylation is 1. The molecule has 1 heterocycles. The van der Waals surface area contributed by atoms with Gasteiger partial charge in [0.2, 0.25) is 0 Å². The molecule has 4 rings (SSSR count). The number of urea groups is 1. The van der Waals surface area contributed by atoms with Crippen LogP contribution in [0.1, 0.15) is 47.0 Å². The molecule has 150 valence electrons. The predicted molar refractivity (Wildman–Crippen MR) is 118 cm³/mol. The Balaban J connectivity index is 1.61. The summed E-state index contributed by atoms with van der Waals surface area (Å²) in [5.74, 6) is -0.354. The maximum absolute atomic E-state index is 12.8. The highest BCUT2D eigenvalue weighted by Crippen LogP contribution is 2.38. The zero-order chi connectivity index (χ0) is 20.2. The molecule has 6 heteroatoms. The number of carbonyl (C=O) groups excluding carboxylic acids is 2. The number of thiophene rings is 1. The number of rotatable bonds is 4. The molecule has 0 atom stereocenters. The summed E-state index contributed by atoms with van der Waals surface area (Å²) in [6, 6.07) is 13.3. The minimum atomic E-state index is -0.358. The van der Waals surface area contributed by atoms with Crippen LogP contribution in [0.4, 0.5) is 15.5 Å². The van der Waals surface area contributed by atoms with E-state index in [2.05, 4.69) is 10.6 Å². The largest absolute Gasteiger partial charge is 0.462 e. The van der Waals surface area contributed by atoms with Crippen LogP contribution in [0, 0.1) is 0 Å². The fourth-order valence-corrected chi connectivity index (χ4v) is 5.11. The molecule has 2 aromatic carbocycles. The van der Waals surface area contributed by atoms with E-state index in [0.717, 1.165) is 54.1 Å². The first kappa shape index (κ1) is 19.5. The molecule has 0 fully saturated rings. The number of carbonyl (C=O) groups is 2. The number of ether oxygens (including phenoxy) is 1. The van der Waals surface area contributed by atoms with Gasteiger partial charge in [0.05, 0.1) is 17.9 Å². The molecule has 1 aliphatic rings. The Labute approximate surface area is 174 Å². The summed E-state index contributed by atoms with van der Waals surface area (Å²) < 4.78 is 5.29. The minimum absolute atomic E-state index is 0.311. The number of hydrogen-bond acceptors (Lipinski definition) is 4. The minimum Gasteiger partial charge on any atom is -0.462 e. The van der Waals surface area contributed by atoms with Crippen molar-refractivity contribution in [2.75, 3.05) is 17.2 Å². The molecule has 0 saturated heterocycles. The highest BCUT2D eigenvalue weighted by molar-refractivity contribution is 7.17. The highest BCUT2D eigenvalue weighted by Gasteiger charge is 2.26. The summed E-state index contributed by atoms with van der Waals surface area (Å²) in [4.78, 5) is 26.6. The molecule has 0 aliphatic heterocycles. The second-order valence-electron chi connectivity index (χ2n) is 7.09. The Hall–Kier alpha value is -2.86. The average Bonchev–Trinajstić information content (AvgIpc) is 2.89. The van der Waals surface area contributed by atoms with Crippen molar-refractivity contribution in [3.8, 4) is 0 Å². The average molecular weight is 409 g/mol. The third-order valence-corrected chi connectivity index (χ3v) is 6.37. The summed E-state index contributed by atoms with van der Waals surface area (Å²) in [7, 11) is 0. The molecule has 0 spiro atoms. The standard InChI is InChI=1S/C23H24N2O3S/c1-2-28-22(26)20-17-12-4-3-5-14-19(17)29-21(20)25-23(27)24-18-13-8-10-15-9-6-7-11-16(15)18/h6-11,13H,2-5,12,14H2,1H3,(H2,24,25,27). The number of fused-ring (bicyclic) bond motifs is 2. The second-order valence-corrected chi connectivity index (χ2v) is 8.20. The van der Waals surface area contributed by atoms with Crippen molar-refractivity contribution in [3.05, 3.63) is 58.5 Å². The number of nitrogens with one attached hydrogen (secondary N) is 2. The van der Waals surface area contributed by atoms with Gasteiger partial charge in [0.15, 0.2) is 0 Å². The molecule has 0 unspecified atom stereocenters. The third-order valence-electron chi connectivity index (χ3n) is 5.17. The maximum atomic E-state index is 12.8. The molecule has 3 aromatic rings. The number of benzene rings is 2.